The van der Waals surface area contributed by atoms with Crippen molar-refractivity contribution in [3.05, 3.63) is 41.7 Å². The van der Waals surface area contributed by atoms with Crippen molar-refractivity contribution in [2.45, 2.75) is 6.92 Å². The van der Waals surface area contributed by atoms with E-state index < -0.39 is 0 Å². The SMILES string of the molecule is C=N/C(C=O)=C\C=C(/C)Nc1cc(OC)cc(N(C)C)c1. The normalized spacial score (nSPS) is 11.8. The van der Waals surface area contributed by atoms with Crippen molar-refractivity contribution < 1.29 is 9.53 Å². The third kappa shape index (κ3) is 5.14. The highest BCUT2D eigenvalue weighted by Crippen LogP contribution is 2.26. The molecule has 0 bridgehead atoms. The Morgan fingerprint density at radius 2 is 2.05 bits per heavy atom. The standard InChI is InChI=1S/C16H21N3O2/c1-12(6-7-13(11-20)17-2)18-14-8-15(19(3)4)10-16(9-14)21-5/h6-11,18H,2H2,1,3-5H3/b12-6+,13-7-. The zero-order valence-electron chi connectivity index (χ0n) is 12.9. The molecule has 0 aliphatic carbocycles. The maximum absolute atomic E-state index is 10.6. The summed E-state index contributed by atoms with van der Waals surface area (Å²) in [4.78, 5) is 16.2. The fourth-order valence-electron chi connectivity index (χ4n) is 1.64. The van der Waals surface area contributed by atoms with Gasteiger partial charge in [-0.3, -0.25) is 9.79 Å². The number of aldehydes is 1. The minimum Gasteiger partial charge on any atom is -0.497 e. The van der Waals surface area contributed by atoms with Crippen molar-refractivity contribution >= 4 is 24.4 Å². The summed E-state index contributed by atoms with van der Waals surface area (Å²) in [6, 6.07) is 5.87. The van der Waals surface area contributed by atoms with Crippen LogP contribution in [-0.4, -0.2) is 34.2 Å². The molecule has 0 aliphatic rings. The molecule has 0 atom stereocenters. The number of benzene rings is 1. The summed E-state index contributed by atoms with van der Waals surface area (Å²) in [5.41, 5.74) is 3.09. The number of methoxy groups -OCH3 is 1. The lowest BCUT2D eigenvalue weighted by Gasteiger charge is -2.16. The average Bonchev–Trinajstić information content (AvgIpc) is 2.47. The predicted octanol–water partition coefficient (Wildman–Crippen LogP) is 2.86. The molecule has 0 saturated carbocycles. The number of aliphatic imine (C=N–C) groups is 1. The van der Waals surface area contributed by atoms with E-state index in [0.717, 1.165) is 22.8 Å². The monoisotopic (exact) mass is 287 g/mol. The van der Waals surface area contributed by atoms with Crippen LogP contribution in [0, 0.1) is 0 Å². The molecular weight excluding hydrogens is 266 g/mol. The van der Waals surface area contributed by atoms with Gasteiger partial charge >= 0.3 is 0 Å². The smallest absolute Gasteiger partial charge is 0.168 e. The molecule has 1 aromatic rings. The zero-order chi connectivity index (χ0) is 15.8. The number of carbonyl (C=O) groups is 1. The summed E-state index contributed by atoms with van der Waals surface area (Å²) in [6.07, 6.45) is 4.04. The van der Waals surface area contributed by atoms with Crippen LogP contribution in [0.1, 0.15) is 6.92 Å². The average molecular weight is 287 g/mol. The van der Waals surface area contributed by atoms with E-state index in [9.17, 15) is 4.79 Å². The van der Waals surface area contributed by atoms with Gasteiger partial charge < -0.3 is 15.0 Å². The first-order chi connectivity index (χ1) is 9.99. The number of nitrogens with zero attached hydrogens (tertiary/aromatic N) is 2. The maximum Gasteiger partial charge on any atom is 0.168 e. The molecule has 21 heavy (non-hydrogen) atoms. The molecule has 0 heterocycles. The van der Waals surface area contributed by atoms with Crippen molar-refractivity contribution in [1.82, 2.24) is 0 Å². The van der Waals surface area contributed by atoms with E-state index in [1.165, 1.54) is 0 Å². The molecule has 5 heteroatoms. The van der Waals surface area contributed by atoms with Crippen LogP contribution in [0.4, 0.5) is 11.4 Å². The minimum atomic E-state index is 0.288. The summed E-state index contributed by atoms with van der Waals surface area (Å²) < 4.78 is 5.29. The second-order valence-corrected chi connectivity index (χ2v) is 4.66. The van der Waals surface area contributed by atoms with Gasteiger partial charge in [-0.15, -0.1) is 0 Å². The highest BCUT2D eigenvalue weighted by atomic mass is 16.5. The third-order valence-corrected chi connectivity index (χ3v) is 2.79. The Bertz CT molecular complexity index is 565. The topological polar surface area (TPSA) is 53.9 Å². The lowest BCUT2D eigenvalue weighted by Crippen LogP contribution is -2.09. The number of carbonyl (C=O) groups excluding carboxylic acids is 1. The molecule has 0 unspecified atom stereocenters. The van der Waals surface area contributed by atoms with Gasteiger partial charge in [-0.05, 0) is 31.9 Å². The summed E-state index contributed by atoms with van der Waals surface area (Å²) in [5, 5.41) is 3.25. The first-order valence-electron chi connectivity index (χ1n) is 6.44. The second-order valence-electron chi connectivity index (χ2n) is 4.66. The number of hydrogen-bond donors (Lipinski definition) is 1. The molecule has 5 nitrogen and oxygen atoms in total. The van der Waals surface area contributed by atoms with Crippen LogP contribution in [-0.2, 0) is 4.79 Å². The number of anilines is 2. The van der Waals surface area contributed by atoms with Crippen molar-refractivity contribution in [1.29, 1.82) is 0 Å². The van der Waals surface area contributed by atoms with Gasteiger partial charge in [0, 0.05) is 43.3 Å². The molecule has 0 saturated heterocycles. The highest BCUT2D eigenvalue weighted by molar-refractivity contribution is 5.74. The minimum absolute atomic E-state index is 0.288. The van der Waals surface area contributed by atoms with E-state index in [1.807, 2.05) is 44.1 Å². The van der Waals surface area contributed by atoms with Gasteiger partial charge in [0.25, 0.3) is 0 Å². The number of nitrogens with one attached hydrogen (secondary N) is 1. The molecule has 0 aliphatic heterocycles. The van der Waals surface area contributed by atoms with Crippen LogP contribution in [0.15, 0.2) is 46.7 Å². The molecule has 1 aromatic carbocycles. The first-order valence-corrected chi connectivity index (χ1v) is 6.44. The summed E-state index contributed by atoms with van der Waals surface area (Å²) in [7, 11) is 5.57. The number of rotatable bonds is 7. The summed E-state index contributed by atoms with van der Waals surface area (Å²) in [5.74, 6) is 0.772. The number of hydrogen-bond acceptors (Lipinski definition) is 5. The summed E-state index contributed by atoms with van der Waals surface area (Å²) >= 11 is 0. The van der Waals surface area contributed by atoms with Crippen molar-refractivity contribution in [2.24, 2.45) is 4.99 Å². The van der Waals surface area contributed by atoms with Gasteiger partial charge in [0.2, 0.25) is 0 Å². The lowest BCUT2D eigenvalue weighted by molar-refractivity contribution is -0.104. The highest BCUT2D eigenvalue weighted by Gasteiger charge is 2.03. The van der Waals surface area contributed by atoms with E-state index in [2.05, 4.69) is 17.0 Å². The van der Waals surface area contributed by atoms with Crippen LogP contribution in [0.25, 0.3) is 0 Å². The van der Waals surface area contributed by atoms with Crippen LogP contribution < -0.4 is 15.0 Å². The Morgan fingerprint density at radius 3 is 2.57 bits per heavy atom. The number of ether oxygens (including phenoxy) is 1. The Labute approximate surface area is 125 Å². The second kappa shape index (κ2) is 7.89. The zero-order valence-corrected chi connectivity index (χ0v) is 12.9. The molecule has 0 aromatic heterocycles. The quantitative estimate of drug-likeness (QED) is 0.362. The molecule has 0 fully saturated rings. The third-order valence-electron chi connectivity index (χ3n) is 2.79. The Morgan fingerprint density at radius 1 is 1.33 bits per heavy atom. The molecule has 1 N–H and O–H groups in total. The molecule has 0 spiro atoms. The summed E-state index contributed by atoms with van der Waals surface area (Å²) in [6.45, 7) is 5.23. The maximum atomic E-state index is 10.6. The van der Waals surface area contributed by atoms with E-state index in [4.69, 9.17) is 4.74 Å². The van der Waals surface area contributed by atoms with Gasteiger partial charge in [-0.2, -0.15) is 0 Å². The van der Waals surface area contributed by atoms with E-state index in [0.29, 0.717) is 6.29 Å². The van der Waals surface area contributed by atoms with Crippen LogP contribution >= 0.6 is 0 Å². The molecule has 0 amide bonds. The van der Waals surface area contributed by atoms with Crippen molar-refractivity contribution in [3.8, 4) is 5.75 Å². The Hall–Kier alpha value is -2.56. The lowest BCUT2D eigenvalue weighted by atomic mass is 10.2. The van der Waals surface area contributed by atoms with Crippen molar-refractivity contribution in [3.63, 3.8) is 0 Å². The van der Waals surface area contributed by atoms with Crippen LogP contribution in [0.3, 0.4) is 0 Å². The van der Waals surface area contributed by atoms with Gasteiger partial charge in [0.1, 0.15) is 11.4 Å². The van der Waals surface area contributed by atoms with Crippen molar-refractivity contribution in [2.75, 3.05) is 31.4 Å². The number of allylic oxidation sites excluding steroid dienone is 4. The van der Waals surface area contributed by atoms with E-state index in [1.54, 1.807) is 19.3 Å². The fourth-order valence-corrected chi connectivity index (χ4v) is 1.64. The largest absolute Gasteiger partial charge is 0.497 e. The fraction of sp³-hybridized carbons (Fsp3) is 0.250. The first kappa shape index (κ1) is 16.5. The molecule has 112 valence electrons. The Kier molecular flexibility index (Phi) is 6.20. The molecule has 1 rings (SSSR count). The predicted molar refractivity (Wildman–Crippen MR) is 88.4 cm³/mol. The van der Waals surface area contributed by atoms with Gasteiger partial charge in [0.15, 0.2) is 6.29 Å². The van der Waals surface area contributed by atoms with Gasteiger partial charge in [0.05, 0.1) is 7.11 Å². The van der Waals surface area contributed by atoms with Crippen LogP contribution in [0.5, 0.6) is 5.75 Å². The van der Waals surface area contributed by atoms with Gasteiger partial charge in [-0.1, -0.05) is 0 Å². The molecule has 0 radical (unpaired) electrons. The Balaban J connectivity index is 2.98. The molecular formula is C16H21N3O2. The van der Waals surface area contributed by atoms with E-state index in [-0.39, 0.29) is 5.70 Å². The van der Waals surface area contributed by atoms with Crippen LogP contribution in [0.2, 0.25) is 0 Å². The van der Waals surface area contributed by atoms with Gasteiger partial charge in [-0.25, -0.2) is 0 Å². The van der Waals surface area contributed by atoms with E-state index >= 15 is 0 Å².